The molecule has 4 rings (SSSR count). The van der Waals surface area contributed by atoms with Crippen molar-refractivity contribution in [1.29, 1.82) is 5.26 Å². The molecule has 2 aromatic carbocycles. The van der Waals surface area contributed by atoms with E-state index in [0.29, 0.717) is 27.6 Å². The van der Waals surface area contributed by atoms with Crippen molar-refractivity contribution >= 4 is 46.3 Å². The molecule has 0 aliphatic carbocycles. The van der Waals surface area contributed by atoms with Crippen LogP contribution in [0.25, 0.3) is 0 Å². The van der Waals surface area contributed by atoms with Crippen molar-refractivity contribution in [2.45, 2.75) is 19.8 Å². The summed E-state index contributed by atoms with van der Waals surface area (Å²) in [5, 5.41) is 21.7. The summed E-state index contributed by atoms with van der Waals surface area (Å²) in [6.45, 7) is 3.81. The predicted octanol–water partition coefficient (Wildman–Crippen LogP) is 5.76. The van der Waals surface area contributed by atoms with Crippen molar-refractivity contribution in [2.75, 3.05) is 16.4 Å². The van der Waals surface area contributed by atoms with Gasteiger partial charge in [0, 0.05) is 27.5 Å². The van der Waals surface area contributed by atoms with Crippen LogP contribution in [0.1, 0.15) is 23.3 Å². The third kappa shape index (κ3) is 5.83. The van der Waals surface area contributed by atoms with Gasteiger partial charge in [0.05, 0.1) is 28.3 Å². The van der Waals surface area contributed by atoms with Gasteiger partial charge in [0.15, 0.2) is 0 Å². The number of thioether (sulfide) groups is 1. The molecule has 2 heterocycles. The third-order valence-electron chi connectivity index (χ3n) is 5.43. The standard InChI is InChI=1S/C27H24N4O2S2/c1-17-10-12-20(13-11-17)30-23(32)16-35-27-21(15-28)25(22-9-6-14-34-22)24(18(2)29-27)26(33)31-19-7-4-3-5-8-19/h3-14,25,29H,16H2,1-2H3,(H,30,32)(H,31,33). The van der Waals surface area contributed by atoms with Gasteiger partial charge in [-0.2, -0.15) is 5.26 Å². The molecule has 0 saturated heterocycles. The van der Waals surface area contributed by atoms with Crippen LogP contribution in [0, 0.1) is 18.3 Å². The van der Waals surface area contributed by atoms with Crippen LogP contribution in [0.4, 0.5) is 11.4 Å². The van der Waals surface area contributed by atoms with Gasteiger partial charge in [-0.1, -0.05) is 53.7 Å². The molecule has 1 unspecified atom stereocenters. The fourth-order valence-corrected chi connectivity index (χ4v) is 5.49. The van der Waals surface area contributed by atoms with Crippen LogP contribution in [0.2, 0.25) is 0 Å². The highest BCUT2D eigenvalue weighted by molar-refractivity contribution is 8.03. The molecule has 8 heteroatoms. The summed E-state index contributed by atoms with van der Waals surface area (Å²) in [6.07, 6.45) is 0. The second-order valence-corrected chi connectivity index (χ2v) is 9.95. The van der Waals surface area contributed by atoms with Crippen molar-refractivity contribution in [3.8, 4) is 6.07 Å². The van der Waals surface area contributed by atoms with Crippen molar-refractivity contribution in [2.24, 2.45) is 0 Å². The van der Waals surface area contributed by atoms with Gasteiger partial charge in [0.1, 0.15) is 0 Å². The lowest BCUT2D eigenvalue weighted by Crippen LogP contribution is -2.30. The normalized spacial score (nSPS) is 15.3. The Morgan fingerprint density at radius 3 is 2.37 bits per heavy atom. The molecule has 3 N–H and O–H groups in total. The summed E-state index contributed by atoms with van der Waals surface area (Å²) in [5.41, 5.74) is 4.07. The largest absolute Gasteiger partial charge is 0.353 e. The molecule has 176 valence electrons. The average molecular weight is 501 g/mol. The minimum atomic E-state index is -0.521. The number of hydrogen-bond acceptors (Lipinski definition) is 6. The van der Waals surface area contributed by atoms with Crippen molar-refractivity contribution in [3.05, 3.63) is 104 Å². The molecule has 1 aromatic heterocycles. The van der Waals surface area contributed by atoms with Crippen LogP contribution in [-0.2, 0) is 9.59 Å². The number of allylic oxidation sites excluding steroid dienone is 2. The molecule has 35 heavy (non-hydrogen) atoms. The summed E-state index contributed by atoms with van der Waals surface area (Å²) in [4.78, 5) is 26.8. The number of hydrogen-bond donors (Lipinski definition) is 3. The fourth-order valence-electron chi connectivity index (χ4n) is 3.76. The fraction of sp³-hybridized carbons (Fsp3) is 0.148. The molecule has 1 atom stereocenters. The predicted molar refractivity (Wildman–Crippen MR) is 143 cm³/mol. The molecular formula is C27H24N4O2S2. The van der Waals surface area contributed by atoms with Gasteiger partial charge in [-0.15, -0.1) is 11.3 Å². The second-order valence-electron chi connectivity index (χ2n) is 7.99. The number of benzene rings is 2. The van der Waals surface area contributed by atoms with E-state index >= 15 is 0 Å². The van der Waals surface area contributed by atoms with Crippen LogP contribution >= 0.6 is 23.1 Å². The Labute approximate surface area is 212 Å². The second kappa shape index (κ2) is 11.1. The number of amides is 2. The number of anilines is 2. The van der Waals surface area contributed by atoms with Crippen LogP contribution in [-0.4, -0.2) is 17.6 Å². The third-order valence-corrected chi connectivity index (χ3v) is 7.39. The Morgan fingerprint density at radius 1 is 1.00 bits per heavy atom. The van der Waals surface area contributed by atoms with Crippen LogP contribution in [0.15, 0.2) is 94.0 Å². The summed E-state index contributed by atoms with van der Waals surface area (Å²) in [7, 11) is 0. The molecule has 2 amide bonds. The maximum Gasteiger partial charge on any atom is 0.254 e. The van der Waals surface area contributed by atoms with Crippen LogP contribution in [0.5, 0.6) is 0 Å². The monoisotopic (exact) mass is 500 g/mol. The number of carbonyl (C=O) groups is 2. The summed E-state index contributed by atoms with van der Waals surface area (Å²) in [5.74, 6) is -0.842. The van der Waals surface area contributed by atoms with Crippen molar-refractivity contribution in [1.82, 2.24) is 5.32 Å². The van der Waals surface area contributed by atoms with E-state index in [0.717, 1.165) is 16.1 Å². The maximum absolute atomic E-state index is 13.3. The number of rotatable bonds is 7. The zero-order chi connectivity index (χ0) is 24.8. The summed E-state index contributed by atoms with van der Waals surface area (Å²) < 4.78 is 0. The van der Waals surface area contributed by atoms with E-state index in [1.54, 1.807) is 0 Å². The highest BCUT2D eigenvalue weighted by atomic mass is 32.2. The number of thiophene rings is 1. The first kappa shape index (κ1) is 24.3. The quantitative estimate of drug-likeness (QED) is 0.383. The van der Waals surface area contributed by atoms with E-state index in [-0.39, 0.29) is 17.6 Å². The van der Waals surface area contributed by atoms with Crippen molar-refractivity contribution < 1.29 is 9.59 Å². The number of dihydropyridines is 1. The molecule has 1 aliphatic heterocycles. The molecule has 1 aliphatic rings. The van der Waals surface area contributed by atoms with E-state index in [4.69, 9.17) is 0 Å². The first-order valence-corrected chi connectivity index (χ1v) is 12.8. The van der Waals surface area contributed by atoms with Gasteiger partial charge in [-0.05, 0) is 49.6 Å². The summed E-state index contributed by atoms with van der Waals surface area (Å²) in [6, 6.07) is 22.9. The molecular weight excluding hydrogens is 476 g/mol. The molecule has 3 aromatic rings. The minimum Gasteiger partial charge on any atom is -0.353 e. The number of aryl methyl sites for hydroxylation is 1. The van der Waals surface area contributed by atoms with E-state index < -0.39 is 5.92 Å². The van der Waals surface area contributed by atoms with Gasteiger partial charge >= 0.3 is 0 Å². The van der Waals surface area contributed by atoms with Gasteiger partial charge in [0.2, 0.25) is 5.91 Å². The van der Waals surface area contributed by atoms with E-state index in [1.807, 2.05) is 86.0 Å². The smallest absolute Gasteiger partial charge is 0.254 e. The Morgan fingerprint density at radius 2 is 1.71 bits per heavy atom. The highest BCUT2D eigenvalue weighted by Gasteiger charge is 2.35. The topological polar surface area (TPSA) is 94.0 Å². The Bertz CT molecular complexity index is 1320. The Kier molecular flexibility index (Phi) is 7.70. The first-order valence-electron chi connectivity index (χ1n) is 11.0. The summed E-state index contributed by atoms with van der Waals surface area (Å²) >= 11 is 2.75. The number of nitrogens with zero attached hydrogens (tertiary/aromatic N) is 1. The SMILES string of the molecule is CC1=C(C(=O)Nc2ccccc2)C(c2cccs2)C(C#N)=C(SCC(=O)Nc2ccc(C)cc2)N1. The van der Waals surface area contributed by atoms with Gasteiger partial charge in [0.25, 0.3) is 5.91 Å². The lowest BCUT2D eigenvalue weighted by molar-refractivity contribution is -0.114. The molecule has 0 bridgehead atoms. The van der Waals surface area contributed by atoms with E-state index in [9.17, 15) is 14.9 Å². The maximum atomic E-state index is 13.3. The lowest BCUT2D eigenvalue weighted by Gasteiger charge is -2.29. The van der Waals surface area contributed by atoms with Crippen LogP contribution in [0.3, 0.4) is 0 Å². The minimum absolute atomic E-state index is 0.122. The average Bonchev–Trinajstić information content (AvgIpc) is 3.39. The number of nitrogens with one attached hydrogen (secondary N) is 3. The van der Waals surface area contributed by atoms with E-state index in [1.165, 1.54) is 23.1 Å². The number of para-hydroxylation sites is 1. The van der Waals surface area contributed by atoms with Gasteiger partial charge in [-0.25, -0.2) is 0 Å². The number of carbonyl (C=O) groups excluding carboxylic acids is 2. The van der Waals surface area contributed by atoms with Gasteiger partial charge in [-0.3, -0.25) is 9.59 Å². The van der Waals surface area contributed by atoms with E-state index in [2.05, 4.69) is 22.0 Å². The number of nitriles is 1. The first-order chi connectivity index (χ1) is 17.0. The lowest BCUT2D eigenvalue weighted by atomic mass is 9.86. The van der Waals surface area contributed by atoms with Crippen LogP contribution < -0.4 is 16.0 Å². The Hall–Kier alpha value is -3.80. The molecule has 0 radical (unpaired) electrons. The highest BCUT2D eigenvalue weighted by Crippen LogP contribution is 2.42. The van der Waals surface area contributed by atoms with Crippen molar-refractivity contribution in [3.63, 3.8) is 0 Å². The molecule has 0 spiro atoms. The Balaban J connectivity index is 1.57. The zero-order valence-electron chi connectivity index (χ0n) is 19.3. The molecule has 6 nitrogen and oxygen atoms in total. The van der Waals surface area contributed by atoms with Gasteiger partial charge < -0.3 is 16.0 Å². The molecule has 0 saturated carbocycles. The molecule has 0 fully saturated rings. The zero-order valence-corrected chi connectivity index (χ0v) is 20.9.